The molecule has 2 amide bonds. The van der Waals surface area contributed by atoms with Crippen LogP contribution < -0.4 is 5.32 Å². The Kier molecular flexibility index (Phi) is 5.42. The van der Waals surface area contributed by atoms with Gasteiger partial charge < -0.3 is 14.6 Å². The summed E-state index contributed by atoms with van der Waals surface area (Å²) in [5.41, 5.74) is 1.08. The summed E-state index contributed by atoms with van der Waals surface area (Å²) >= 11 is 0. The number of hydrogen-bond acceptors (Lipinski definition) is 2. The van der Waals surface area contributed by atoms with E-state index in [4.69, 9.17) is 4.42 Å². The van der Waals surface area contributed by atoms with E-state index < -0.39 is 0 Å². The largest absolute Gasteiger partial charge is 0.464 e. The Morgan fingerprint density at radius 3 is 2.64 bits per heavy atom. The van der Waals surface area contributed by atoms with Gasteiger partial charge in [0.15, 0.2) is 0 Å². The van der Waals surface area contributed by atoms with Crippen LogP contribution in [-0.2, 0) is 6.54 Å². The molecule has 1 aromatic heterocycles. The molecule has 0 spiro atoms. The predicted molar refractivity (Wildman–Crippen MR) is 87.4 cm³/mol. The van der Waals surface area contributed by atoms with Crippen LogP contribution in [0.1, 0.15) is 30.0 Å². The Balaban J connectivity index is 2.01. The van der Waals surface area contributed by atoms with Crippen molar-refractivity contribution in [3.8, 4) is 0 Å². The minimum Gasteiger partial charge on any atom is -0.464 e. The summed E-state index contributed by atoms with van der Waals surface area (Å²) in [5.74, 6) is 1.59. The Morgan fingerprint density at radius 1 is 1.32 bits per heavy atom. The van der Waals surface area contributed by atoms with Crippen LogP contribution in [0.5, 0.6) is 0 Å². The molecule has 1 N–H and O–H groups in total. The summed E-state index contributed by atoms with van der Waals surface area (Å²) in [7, 11) is 0. The summed E-state index contributed by atoms with van der Waals surface area (Å²) < 4.78 is 5.55. The molecule has 116 valence electrons. The number of carbonyl (C=O) groups is 1. The van der Waals surface area contributed by atoms with Crippen molar-refractivity contribution in [2.45, 2.75) is 26.4 Å². The van der Waals surface area contributed by atoms with E-state index in [1.807, 2.05) is 56.3 Å². The molecule has 4 nitrogen and oxygen atoms in total. The number of nitrogens with zero attached hydrogens (tertiary/aromatic N) is 1. The third kappa shape index (κ3) is 4.25. The molecular weight excluding hydrogens is 276 g/mol. The average Bonchev–Trinajstić information content (AvgIpc) is 2.94. The van der Waals surface area contributed by atoms with Gasteiger partial charge in [0.05, 0.1) is 6.04 Å². The van der Waals surface area contributed by atoms with Crippen molar-refractivity contribution >= 4 is 6.03 Å². The van der Waals surface area contributed by atoms with Crippen molar-refractivity contribution in [2.24, 2.45) is 0 Å². The molecule has 0 aliphatic carbocycles. The number of carbonyl (C=O) groups excluding carboxylic acids is 1. The van der Waals surface area contributed by atoms with Gasteiger partial charge in [-0.3, -0.25) is 0 Å². The van der Waals surface area contributed by atoms with Gasteiger partial charge in [-0.2, -0.15) is 0 Å². The molecule has 1 aromatic carbocycles. The lowest BCUT2D eigenvalue weighted by molar-refractivity contribution is 0.196. The van der Waals surface area contributed by atoms with Crippen LogP contribution in [0.25, 0.3) is 0 Å². The molecule has 4 heteroatoms. The third-order valence-electron chi connectivity index (χ3n) is 3.38. The lowest BCUT2D eigenvalue weighted by Gasteiger charge is -2.23. The van der Waals surface area contributed by atoms with Crippen molar-refractivity contribution in [3.63, 3.8) is 0 Å². The molecule has 0 saturated heterocycles. The van der Waals surface area contributed by atoms with Crippen molar-refractivity contribution < 1.29 is 9.21 Å². The first-order valence-corrected chi connectivity index (χ1v) is 7.36. The number of nitrogens with one attached hydrogen (secondary N) is 1. The summed E-state index contributed by atoms with van der Waals surface area (Å²) in [6.45, 7) is 8.55. The van der Waals surface area contributed by atoms with Gasteiger partial charge in [0, 0.05) is 13.1 Å². The fourth-order valence-electron chi connectivity index (χ4n) is 2.21. The lowest BCUT2D eigenvalue weighted by atomic mass is 10.2. The highest BCUT2D eigenvalue weighted by molar-refractivity contribution is 5.74. The molecule has 1 heterocycles. The summed E-state index contributed by atoms with van der Waals surface area (Å²) in [5, 5.41) is 2.96. The number of hydrogen-bond donors (Lipinski definition) is 1. The van der Waals surface area contributed by atoms with E-state index >= 15 is 0 Å². The van der Waals surface area contributed by atoms with E-state index in [1.165, 1.54) is 0 Å². The van der Waals surface area contributed by atoms with Crippen molar-refractivity contribution in [1.82, 2.24) is 10.2 Å². The lowest BCUT2D eigenvalue weighted by Crippen LogP contribution is -2.40. The number of rotatable bonds is 6. The minimum absolute atomic E-state index is 0.134. The quantitative estimate of drug-likeness (QED) is 0.818. The fourth-order valence-corrected chi connectivity index (χ4v) is 2.21. The summed E-state index contributed by atoms with van der Waals surface area (Å²) in [6, 6.07) is 13.4. The standard InChI is InChI=1S/C18H22N2O2/c1-4-12-20(13-16-8-6-5-7-9-16)18(21)19-15(3)17-11-10-14(2)22-17/h4-11,15H,1,12-13H2,2-3H3,(H,19,21). The Hall–Kier alpha value is -2.49. The number of benzene rings is 1. The Bertz CT molecular complexity index is 619. The highest BCUT2D eigenvalue weighted by atomic mass is 16.3. The maximum absolute atomic E-state index is 12.5. The zero-order valence-corrected chi connectivity index (χ0v) is 13.1. The SMILES string of the molecule is C=CCN(Cc1ccccc1)C(=O)NC(C)c1ccc(C)o1. The van der Waals surface area contributed by atoms with E-state index in [0.29, 0.717) is 13.1 Å². The average molecular weight is 298 g/mol. The van der Waals surface area contributed by atoms with Crippen LogP contribution in [0.2, 0.25) is 0 Å². The molecule has 0 bridgehead atoms. The third-order valence-corrected chi connectivity index (χ3v) is 3.38. The number of aryl methyl sites for hydroxylation is 1. The maximum atomic E-state index is 12.5. The first kappa shape index (κ1) is 15.9. The van der Waals surface area contributed by atoms with Crippen molar-refractivity contribution in [2.75, 3.05) is 6.54 Å². The molecule has 2 rings (SSSR count). The molecule has 0 saturated carbocycles. The minimum atomic E-state index is -0.177. The number of amides is 2. The zero-order valence-electron chi connectivity index (χ0n) is 13.1. The van der Waals surface area contributed by atoms with Gasteiger partial charge in [-0.05, 0) is 31.5 Å². The van der Waals surface area contributed by atoms with E-state index in [-0.39, 0.29) is 12.1 Å². The molecular formula is C18H22N2O2. The normalized spacial score (nSPS) is 11.7. The second-order valence-electron chi connectivity index (χ2n) is 5.27. The van der Waals surface area contributed by atoms with E-state index in [9.17, 15) is 4.79 Å². The van der Waals surface area contributed by atoms with Crippen LogP contribution in [0.4, 0.5) is 4.79 Å². The molecule has 0 radical (unpaired) electrons. The monoisotopic (exact) mass is 298 g/mol. The van der Waals surface area contributed by atoms with E-state index in [0.717, 1.165) is 17.1 Å². The Morgan fingerprint density at radius 2 is 2.05 bits per heavy atom. The fraction of sp³-hybridized carbons (Fsp3) is 0.278. The number of furan rings is 1. The zero-order chi connectivity index (χ0) is 15.9. The molecule has 22 heavy (non-hydrogen) atoms. The van der Waals surface area contributed by atoms with Gasteiger partial charge in [0.2, 0.25) is 0 Å². The number of urea groups is 1. The molecule has 1 unspecified atom stereocenters. The van der Waals surface area contributed by atoms with Gasteiger partial charge >= 0.3 is 6.03 Å². The first-order chi connectivity index (χ1) is 10.6. The summed E-state index contributed by atoms with van der Waals surface area (Å²) in [6.07, 6.45) is 1.73. The van der Waals surface area contributed by atoms with Gasteiger partial charge in [0.1, 0.15) is 11.5 Å². The molecule has 0 aliphatic heterocycles. The van der Waals surface area contributed by atoms with Crippen LogP contribution in [0, 0.1) is 6.92 Å². The van der Waals surface area contributed by atoms with Gasteiger partial charge in [0.25, 0.3) is 0 Å². The molecule has 1 atom stereocenters. The highest BCUT2D eigenvalue weighted by Gasteiger charge is 2.17. The first-order valence-electron chi connectivity index (χ1n) is 7.36. The van der Waals surface area contributed by atoms with Gasteiger partial charge in [-0.25, -0.2) is 4.79 Å². The topological polar surface area (TPSA) is 45.5 Å². The van der Waals surface area contributed by atoms with E-state index in [1.54, 1.807) is 11.0 Å². The second-order valence-corrected chi connectivity index (χ2v) is 5.27. The predicted octanol–water partition coefficient (Wildman–Crippen LogP) is 4.05. The van der Waals surface area contributed by atoms with Crippen LogP contribution in [-0.4, -0.2) is 17.5 Å². The maximum Gasteiger partial charge on any atom is 0.318 e. The van der Waals surface area contributed by atoms with Crippen LogP contribution >= 0.6 is 0 Å². The van der Waals surface area contributed by atoms with E-state index in [2.05, 4.69) is 11.9 Å². The molecule has 2 aromatic rings. The summed E-state index contributed by atoms with van der Waals surface area (Å²) in [4.78, 5) is 14.2. The van der Waals surface area contributed by atoms with Gasteiger partial charge in [-0.15, -0.1) is 6.58 Å². The highest BCUT2D eigenvalue weighted by Crippen LogP contribution is 2.16. The second kappa shape index (κ2) is 7.50. The van der Waals surface area contributed by atoms with Gasteiger partial charge in [-0.1, -0.05) is 36.4 Å². The smallest absolute Gasteiger partial charge is 0.318 e. The molecule has 0 fully saturated rings. The van der Waals surface area contributed by atoms with Crippen molar-refractivity contribution in [1.29, 1.82) is 0 Å². The molecule has 0 aliphatic rings. The van der Waals surface area contributed by atoms with Crippen molar-refractivity contribution in [3.05, 3.63) is 72.2 Å². The van der Waals surface area contributed by atoms with Crippen LogP contribution in [0.3, 0.4) is 0 Å². The Labute approximate surface area is 131 Å². The van der Waals surface area contributed by atoms with Crippen LogP contribution in [0.15, 0.2) is 59.5 Å².